The molecule has 1 saturated carbocycles. The van der Waals surface area contributed by atoms with Crippen molar-refractivity contribution in [3.8, 4) is 0 Å². The van der Waals surface area contributed by atoms with Gasteiger partial charge in [-0.05, 0) is 24.3 Å². The molecule has 2 aromatic rings. The fraction of sp³-hybridized carbons (Fsp3) is 0.300. The van der Waals surface area contributed by atoms with Gasteiger partial charge >= 0.3 is 11.9 Å². The Morgan fingerprint density at radius 2 is 0.893 bits per heavy atom. The molecule has 28 heavy (non-hydrogen) atoms. The van der Waals surface area contributed by atoms with Gasteiger partial charge < -0.3 is 29.9 Å². The number of rotatable bonds is 4. The summed E-state index contributed by atoms with van der Waals surface area (Å²) in [6.45, 7) is 0. The van der Waals surface area contributed by atoms with Crippen molar-refractivity contribution < 1.29 is 39.5 Å². The molecule has 0 radical (unpaired) electrons. The molecule has 4 N–H and O–H groups in total. The normalized spacial score (nSPS) is 29.7. The van der Waals surface area contributed by atoms with Crippen molar-refractivity contribution in [1.29, 1.82) is 0 Å². The smallest absolute Gasteiger partial charge is 0.338 e. The van der Waals surface area contributed by atoms with E-state index in [1.165, 1.54) is 24.3 Å². The van der Waals surface area contributed by atoms with E-state index >= 15 is 0 Å². The van der Waals surface area contributed by atoms with Crippen LogP contribution in [0, 0.1) is 0 Å². The molecule has 0 unspecified atom stereocenters. The molecule has 6 atom stereocenters. The van der Waals surface area contributed by atoms with Crippen LogP contribution in [0.15, 0.2) is 60.7 Å². The van der Waals surface area contributed by atoms with Gasteiger partial charge in [0.1, 0.15) is 24.4 Å². The Hall–Kier alpha value is -2.78. The van der Waals surface area contributed by atoms with E-state index in [1.54, 1.807) is 36.4 Å². The van der Waals surface area contributed by atoms with Gasteiger partial charge in [0.25, 0.3) is 0 Å². The van der Waals surface area contributed by atoms with Crippen LogP contribution >= 0.6 is 0 Å². The van der Waals surface area contributed by atoms with Gasteiger partial charge in [-0.2, -0.15) is 0 Å². The molecule has 0 amide bonds. The number of carbonyl (C=O) groups is 2. The Labute approximate surface area is 160 Å². The van der Waals surface area contributed by atoms with Gasteiger partial charge in [-0.15, -0.1) is 0 Å². The fourth-order valence-electron chi connectivity index (χ4n) is 2.99. The van der Waals surface area contributed by atoms with E-state index in [2.05, 4.69) is 0 Å². The van der Waals surface area contributed by atoms with Crippen LogP contribution in [-0.2, 0) is 9.47 Å². The zero-order valence-electron chi connectivity index (χ0n) is 14.7. The SMILES string of the molecule is O=C(O[C@@H]1[C@@H](O)[C@H](O)[C@@H](O)[C@H](O)[C@@H]1OC(=O)c1ccccc1)c1ccccc1. The van der Waals surface area contributed by atoms with Crippen LogP contribution in [0.3, 0.4) is 0 Å². The van der Waals surface area contributed by atoms with Gasteiger partial charge in [0.2, 0.25) is 0 Å². The Balaban J connectivity index is 1.84. The molecule has 0 bridgehead atoms. The Morgan fingerprint density at radius 3 is 1.21 bits per heavy atom. The number of benzene rings is 2. The van der Waals surface area contributed by atoms with Crippen molar-refractivity contribution in [2.24, 2.45) is 0 Å². The number of esters is 2. The van der Waals surface area contributed by atoms with E-state index in [1.807, 2.05) is 0 Å². The zero-order valence-corrected chi connectivity index (χ0v) is 14.7. The van der Waals surface area contributed by atoms with E-state index in [4.69, 9.17) is 9.47 Å². The maximum Gasteiger partial charge on any atom is 0.338 e. The van der Waals surface area contributed by atoms with Crippen LogP contribution in [0.2, 0.25) is 0 Å². The van der Waals surface area contributed by atoms with Crippen molar-refractivity contribution in [1.82, 2.24) is 0 Å². The van der Waals surface area contributed by atoms with Crippen LogP contribution in [0.4, 0.5) is 0 Å². The molecular weight excluding hydrogens is 368 g/mol. The highest BCUT2D eigenvalue weighted by Crippen LogP contribution is 2.28. The highest BCUT2D eigenvalue weighted by Gasteiger charge is 2.53. The first-order chi connectivity index (χ1) is 13.4. The first-order valence-corrected chi connectivity index (χ1v) is 8.64. The molecule has 1 fully saturated rings. The predicted octanol–water partition coefficient (Wildman–Crippen LogP) is -0.105. The van der Waals surface area contributed by atoms with Crippen LogP contribution < -0.4 is 0 Å². The molecule has 0 aliphatic heterocycles. The summed E-state index contributed by atoms with van der Waals surface area (Å²) in [5.41, 5.74) is 0.330. The first kappa shape index (κ1) is 20.0. The lowest BCUT2D eigenvalue weighted by molar-refractivity contribution is -0.223. The summed E-state index contributed by atoms with van der Waals surface area (Å²) in [6, 6.07) is 15.7. The maximum absolute atomic E-state index is 12.4. The van der Waals surface area contributed by atoms with Gasteiger partial charge in [-0.25, -0.2) is 9.59 Å². The summed E-state index contributed by atoms with van der Waals surface area (Å²) in [4.78, 5) is 24.7. The predicted molar refractivity (Wildman–Crippen MR) is 95.3 cm³/mol. The number of aliphatic hydroxyl groups is 4. The van der Waals surface area contributed by atoms with Crippen LogP contribution in [-0.4, -0.2) is 69.0 Å². The lowest BCUT2D eigenvalue weighted by atomic mass is 9.84. The summed E-state index contributed by atoms with van der Waals surface area (Å²) in [7, 11) is 0. The van der Waals surface area contributed by atoms with Crippen molar-refractivity contribution >= 4 is 11.9 Å². The van der Waals surface area contributed by atoms with Crippen molar-refractivity contribution in [3.63, 3.8) is 0 Å². The van der Waals surface area contributed by atoms with Gasteiger partial charge in [0.05, 0.1) is 11.1 Å². The third-order valence-electron chi connectivity index (χ3n) is 4.55. The minimum absolute atomic E-state index is 0.165. The van der Waals surface area contributed by atoms with Gasteiger partial charge in [-0.1, -0.05) is 36.4 Å². The van der Waals surface area contributed by atoms with E-state index in [0.717, 1.165) is 0 Å². The average molecular weight is 388 g/mol. The van der Waals surface area contributed by atoms with E-state index in [-0.39, 0.29) is 11.1 Å². The van der Waals surface area contributed by atoms with E-state index in [0.29, 0.717) is 0 Å². The molecule has 3 rings (SSSR count). The van der Waals surface area contributed by atoms with Crippen LogP contribution in [0.5, 0.6) is 0 Å². The lowest BCUT2D eigenvalue weighted by Gasteiger charge is -2.42. The third-order valence-corrected chi connectivity index (χ3v) is 4.55. The average Bonchev–Trinajstić information content (AvgIpc) is 2.74. The zero-order chi connectivity index (χ0) is 20.3. The Morgan fingerprint density at radius 1 is 0.571 bits per heavy atom. The second-order valence-corrected chi connectivity index (χ2v) is 6.43. The summed E-state index contributed by atoms with van der Waals surface area (Å²) in [5, 5.41) is 40.5. The highest BCUT2D eigenvalue weighted by atomic mass is 16.6. The quantitative estimate of drug-likeness (QED) is 0.534. The molecule has 1 aliphatic carbocycles. The number of hydrogen-bond acceptors (Lipinski definition) is 8. The number of carbonyl (C=O) groups excluding carboxylic acids is 2. The largest absolute Gasteiger partial charge is 0.452 e. The van der Waals surface area contributed by atoms with Gasteiger partial charge in [-0.3, -0.25) is 0 Å². The standard InChI is InChI=1S/C20H20O8/c21-13-14(22)16(24)18(28-20(26)12-9-5-2-6-10-12)17(15(13)23)27-19(25)11-7-3-1-4-8-11/h1-10,13-18,21-24H/t13-,14-,15+,16+,17-,18+/m1/s1. The van der Waals surface area contributed by atoms with Crippen LogP contribution in [0.25, 0.3) is 0 Å². The maximum atomic E-state index is 12.4. The van der Waals surface area contributed by atoms with Crippen molar-refractivity contribution in [3.05, 3.63) is 71.8 Å². The molecular formula is C20H20O8. The monoisotopic (exact) mass is 388 g/mol. The molecule has 148 valence electrons. The lowest BCUT2D eigenvalue weighted by Crippen LogP contribution is -2.65. The summed E-state index contributed by atoms with van der Waals surface area (Å²) in [5.74, 6) is -1.69. The number of hydrogen-bond donors (Lipinski definition) is 4. The number of aliphatic hydroxyl groups excluding tert-OH is 4. The number of ether oxygens (including phenoxy) is 2. The Bertz CT molecular complexity index is 740. The second kappa shape index (κ2) is 8.49. The topological polar surface area (TPSA) is 134 Å². The molecule has 0 saturated heterocycles. The van der Waals surface area contributed by atoms with E-state index < -0.39 is 48.6 Å². The van der Waals surface area contributed by atoms with Crippen molar-refractivity contribution in [2.45, 2.75) is 36.6 Å². The molecule has 0 spiro atoms. The molecule has 8 heteroatoms. The second-order valence-electron chi connectivity index (χ2n) is 6.43. The molecule has 2 aromatic carbocycles. The minimum Gasteiger partial charge on any atom is -0.452 e. The summed E-state index contributed by atoms with van der Waals surface area (Å²) >= 11 is 0. The minimum atomic E-state index is -1.80. The Kier molecular flexibility index (Phi) is 6.05. The third kappa shape index (κ3) is 4.05. The van der Waals surface area contributed by atoms with Crippen LogP contribution in [0.1, 0.15) is 20.7 Å². The molecule has 1 aliphatic rings. The molecule has 8 nitrogen and oxygen atoms in total. The van der Waals surface area contributed by atoms with Gasteiger partial charge in [0, 0.05) is 0 Å². The van der Waals surface area contributed by atoms with Gasteiger partial charge in [0.15, 0.2) is 12.2 Å². The summed E-state index contributed by atoms with van der Waals surface area (Å²) < 4.78 is 10.5. The fourth-order valence-corrected chi connectivity index (χ4v) is 2.99. The molecule has 0 aromatic heterocycles. The molecule has 0 heterocycles. The van der Waals surface area contributed by atoms with E-state index in [9.17, 15) is 30.0 Å². The highest BCUT2D eigenvalue weighted by molar-refractivity contribution is 5.90. The first-order valence-electron chi connectivity index (χ1n) is 8.64. The summed E-state index contributed by atoms with van der Waals surface area (Å²) in [6.07, 6.45) is -10.3. The van der Waals surface area contributed by atoms with Crippen molar-refractivity contribution in [2.75, 3.05) is 0 Å².